The molecule has 0 N–H and O–H groups in total. The van der Waals surface area contributed by atoms with E-state index in [-0.39, 0.29) is 0 Å². The highest BCUT2D eigenvalue weighted by atomic mass is 14.4. The summed E-state index contributed by atoms with van der Waals surface area (Å²) in [6.07, 6.45) is 15.8. The van der Waals surface area contributed by atoms with Crippen LogP contribution in [0.4, 0.5) is 0 Å². The summed E-state index contributed by atoms with van der Waals surface area (Å²) in [5, 5.41) is 0. The molecule has 0 spiro atoms. The lowest BCUT2D eigenvalue weighted by Crippen LogP contribution is -2.02. The van der Waals surface area contributed by atoms with Gasteiger partial charge in [0.05, 0.1) is 0 Å². The quantitative estimate of drug-likeness (QED) is 0.585. The zero-order valence-electron chi connectivity index (χ0n) is 9.24. The summed E-state index contributed by atoms with van der Waals surface area (Å²) in [6, 6.07) is 0. The van der Waals surface area contributed by atoms with Crippen molar-refractivity contribution in [2.75, 3.05) is 0 Å². The first-order chi connectivity index (χ1) is 6.75. The van der Waals surface area contributed by atoms with Crippen LogP contribution >= 0.6 is 0 Å². The Morgan fingerprint density at radius 2 is 2.14 bits per heavy atom. The van der Waals surface area contributed by atoms with Crippen molar-refractivity contribution in [3.8, 4) is 0 Å². The number of hydrogen-bond acceptors (Lipinski definition) is 0. The van der Waals surface area contributed by atoms with E-state index in [9.17, 15) is 0 Å². The number of allylic oxidation sites excluding steroid dienone is 6. The first-order valence-corrected chi connectivity index (χ1v) is 5.74. The van der Waals surface area contributed by atoms with Gasteiger partial charge in [-0.2, -0.15) is 0 Å². The molecule has 2 rings (SSSR count). The van der Waals surface area contributed by atoms with Crippen LogP contribution in [0.1, 0.15) is 33.1 Å². The van der Waals surface area contributed by atoms with Crippen LogP contribution in [0.3, 0.4) is 0 Å². The van der Waals surface area contributed by atoms with Crippen molar-refractivity contribution in [1.29, 1.82) is 0 Å². The molecule has 2 aliphatic carbocycles. The van der Waals surface area contributed by atoms with E-state index in [1.807, 2.05) is 0 Å². The average molecular weight is 188 g/mol. The van der Waals surface area contributed by atoms with Crippen molar-refractivity contribution in [2.24, 2.45) is 17.8 Å². The van der Waals surface area contributed by atoms with Crippen molar-refractivity contribution in [3.05, 3.63) is 36.0 Å². The van der Waals surface area contributed by atoms with Gasteiger partial charge in [-0.05, 0) is 50.9 Å². The van der Waals surface area contributed by atoms with Gasteiger partial charge in [0, 0.05) is 0 Å². The van der Waals surface area contributed by atoms with E-state index in [1.165, 1.54) is 18.4 Å². The Hall–Kier alpha value is -0.780. The molecule has 0 radical (unpaired) electrons. The van der Waals surface area contributed by atoms with Crippen LogP contribution in [0, 0.1) is 17.8 Å². The predicted octanol–water partition coefficient (Wildman–Crippen LogP) is 4.11. The van der Waals surface area contributed by atoms with E-state index in [2.05, 4.69) is 44.2 Å². The number of rotatable bonds is 3. The minimum absolute atomic E-state index is 0.843. The van der Waals surface area contributed by atoms with Crippen LogP contribution in [-0.4, -0.2) is 0 Å². The summed E-state index contributed by atoms with van der Waals surface area (Å²) >= 11 is 0. The fraction of sp³-hybridized carbons (Fsp3) is 0.571. The van der Waals surface area contributed by atoms with Crippen molar-refractivity contribution in [3.63, 3.8) is 0 Å². The van der Waals surface area contributed by atoms with Crippen LogP contribution in [0.2, 0.25) is 0 Å². The summed E-state index contributed by atoms with van der Waals surface area (Å²) in [7, 11) is 0. The van der Waals surface area contributed by atoms with Crippen LogP contribution in [0.15, 0.2) is 36.0 Å². The minimum atomic E-state index is 0.843. The SMILES string of the molecule is CC(C)=CCC=CC1CC2C=CC1C2. The zero-order valence-corrected chi connectivity index (χ0v) is 9.24. The molecule has 0 amide bonds. The van der Waals surface area contributed by atoms with E-state index in [0.717, 1.165) is 24.2 Å². The van der Waals surface area contributed by atoms with Crippen molar-refractivity contribution in [2.45, 2.75) is 33.1 Å². The van der Waals surface area contributed by atoms with E-state index in [0.29, 0.717) is 0 Å². The minimum Gasteiger partial charge on any atom is -0.0851 e. The third-order valence-corrected chi connectivity index (χ3v) is 3.38. The van der Waals surface area contributed by atoms with E-state index in [1.54, 1.807) is 0 Å². The Morgan fingerprint density at radius 3 is 2.71 bits per heavy atom. The Bertz CT molecular complexity index is 276. The van der Waals surface area contributed by atoms with Gasteiger partial charge >= 0.3 is 0 Å². The highest BCUT2D eigenvalue weighted by Gasteiger charge is 2.33. The topological polar surface area (TPSA) is 0 Å². The summed E-state index contributed by atoms with van der Waals surface area (Å²) < 4.78 is 0. The van der Waals surface area contributed by atoms with E-state index >= 15 is 0 Å². The van der Waals surface area contributed by atoms with Crippen LogP contribution in [0.5, 0.6) is 0 Å². The largest absolute Gasteiger partial charge is 0.0851 e. The average Bonchev–Trinajstić information content (AvgIpc) is 2.73. The van der Waals surface area contributed by atoms with Crippen LogP contribution in [0.25, 0.3) is 0 Å². The van der Waals surface area contributed by atoms with Gasteiger partial charge in [0.1, 0.15) is 0 Å². The molecule has 0 heteroatoms. The maximum atomic E-state index is 2.44. The molecule has 0 heterocycles. The molecule has 1 saturated carbocycles. The van der Waals surface area contributed by atoms with Gasteiger partial charge in [-0.1, -0.05) is 36.0 Å². The molecule has 0 nitrogen and oxygen atoms in total. The molecule has 0 aliphatic heterocycles. The number of fused-ring (bicyclic) bond motifs is 2. The van der Waals surface area contributed by atoms with Gasteiger partial charge in [-0.15, -0.1) is 0 Å². The molecule has 14 heavy (non-hydrogen) atoms. The van der Waals surface area contributed by atoms with Crippen molar-refractivity contribution >= 4 is 0 Å². The summed E-state index contributed by atoms with van der Waals surface area (Å²) in [5.41, 5.74) is 1.42. The first kappa shape index (κ1) is 9.76. The van der Waals surface area contributed by atoms with E-state index < -0.39 is 0 Å². The number of hydrogen-bond donors (Lipinski definition) is 0. The van der Waals surface area contributed by atoms with Gasteiger partial charge in [0.2, 0.25) is 0 Å². The van der Waals surface area contributed by atoms with Gasteiger partial charge in [-0.3, -0.25) is 0 Å². The highest BCUT2D eigenvalue weighted by Crippen LogP contribution is 2.43. The molecule has 76 valence electrons. The lowest BCUT2D eigenvalue weighted by atomic mass is 9.93. The second kappa shape index (κ2) is 4.16. The summed E-state index contributed by atoms with van der Waals surface area (Å²) in [5.74, 6) is 2.61. The second-order valence-electron chi connectivity index (χ2n) is 4.89. The molecule has 2 bridgehead atoms. The lowest BCUT2D eigenvalue weighted by Gasteiger charge is -2.12. The maximum absolute atomic E-state index is 2.44. The predicted molar refractivity (Wildman–Crippen MR) is 62.0 cm³/mol. The normalized spacial score (nSPS) is 34.3. The fourth-order valence-corrected chi connectivity index (χ4v) is 2.60. The molecule has 2 aliphatic rings. The molecule has 0 aromatic carbocycles. The highest BCUT2D eigenvalue weighted by molar-refractivity contribution is 5.14. The van der Waals surface area contributed by atoms with Crippen LogP contribution in [-0.2, 0) is 0 Å². The van der Waals surface area contributed by atoms with Crippen molar-refractivity contribution < 1.29 is 0 Å². The Kier molecular flexibility index (Phi) is 2.90. The smallest absolute Gasteiger partial charge is 0.0165 e. The fourth-order valence-electron chi connectivity index (χ4n) is 2.60. The molecule has 3 unspecified atom stereocenters. The van der Waals surface area contributed by atoms with E-state index in [4.69, 9.17) is 0 Å². The summed E-state index contributed by atoms with van der Waals surface area (Å²) in [6.45, 7) is 4.32. The van der Waals surface area contributed by atoms with Crippen LogP contribution < -0.4 is 0 Å². The molecule has 3 atom stereocenters. The van der Waals surface area contributed by atoms with Gasteiger partial charge in [0.15, 0.2) is 0 Å². The first-order valence-electron chi connectivity index (χ1n) is 5.74. The standard InChI is InChI=1S/C14H20/c1-11(2)5-3-4-6-13-9-12-7-8-14(13)10-12/h4-8,12-14H,3,9-10H2,1-2H3. The molecular formula is C14H20. The van der Waals surface area contributed by atoms with Crippen molar-refractivity contribution in [1.82, 2.24) is 0 Å². The Morgan fingerprint density at radius 1 is 1.29 bits per heavy atom. The molecular weight excluding hydrogens is 168 g/mol. The van der Waals surface area contributed by atoms with Gasteiger partial charge in [0.25, 0.3) is 0 Å². The van der Waals surface area contributed by atoms with Gasteiger partial charge in [-0.25, -0.2) is 0 Å². The molecule has 0 aromatic rings. The molecule has 0 saturated heterocycles. The maximum Gasteiger partial charge on any atom is -0.0165 e. The third kappa shape index (κ3) is 2.17. The Balaban J connectivity index is 1.81. The second-order valence-corrected chi connectivity index (χ2v) is 4.89. The summed E-state index contributed by atoms with van der Waals surface area (Å²) in [4.78, 5) is 0. The lowest BCUT2D eigenvalue weighted by molar-refractivity contribution is 0.549. The molecule has 0 aromatic heterocycles. The molecule has 1 fully saturated rings. The van der Waals surface area contributed by atoms with Gasteiger partial charge < -0.3 is 0 Å². The zero-order chi connectivity index (χ0) is 9.97. The monoisotopic (exact) mass is 188 g/mol. The Labute approximate surface area is 87.4 Å². The third-order valence-electron chi connectivity index (χ3n) is 3.38.